The van der Waals surface area contributed by atoms with Crippen LogP contribution in [0, 0.1) is 0 Å². The van der Waals surface area contributed by atoms with Gasteiger partial charge in [-0.1, -0.05) is 188 Å². The van der Waals surface area contributed by atoms with E-state index in [9.17, 15) is 0 Å². The van der Waals surface area contributed by atoms with Gasteiger partial charge in [-0.05, 0) is 63.7 Å². The first-order valence-corrected chi connectivity index (χ1v) is 22.7. The van der Waals surface area contributed by atoms with Crippen molar-refractivity contribution in [1.82, 2.24) is 19.9 Å². The lowest BCUT2D eigenvalue weighted by Crippen LogP contribution is -2.31. The number of aromatic nitrogens is 4. The number of fused-ring (bicyclic) bond motifs is 16. The van der Waals surface area contributed by atoms with Crippen molar-refractivity contribution in [2.75, 3.05) is 0 Å². The van der Waals surface area contributed by atoms with E-state index in [2.05, 4.69) is 146 Å². The van der Waals surface area contributed by atoms with Crippen molar-refractivity contribution in [3.05, 3.63) is 229 Å². The van der Waals surface area contributed by atoms with Crippen LogP contribution in [0.4, 0.5) is 0 Å². The Kier molecular flexibility index (Phi) is 7.77. The second-order valence-electron chi connectivity index (χ2n) is 16.8. The van der Waals surface area contributed by atoms with Gasteiger partial charge in [0.2, 0.25) is 0 Å². The molecule has 0 atom stereocenters. The van der Waals surface area contributed by atoms with Gasteiger partial charge in [0.05, 0.1) is 22.2 Å². The Morgan fingerprint density at radius 1 is 0.385 bits per heavy atom. The van der Waals surface area contributed by atoms with Crippen LogP contribution in [0.25, 0.3) is 100 Å². The summed E-state index contributed by atoms with van der Waals surface area (Å²) in [5.74, 6) is 1.68. The molecule has 14 rings (SSSR count). The first kappa shape index (κ1) is 36.3. The Bertz CT molecular complexity index is 3890. The van der Waals surface area contributed by atoms with E-state index in [1.54, 1.807) is 0 Å². The molecule has 0 unspecified atom stereocenters. The number of benzene rings is 9. The number of hydrogen-bond donors (Lipinski definition) is 0. The summed E-state index contributed by atoms with van der Waals surface area (Å²) < 4.78 is 6.51. The maximum Gasteiger partial charge on any atom is 0.167 e. The molecule has 3 aromatic heterocycles. The van der Waals surface area contributed by atoms with Crippen LogP contribution >= 0.6 is 11.8 Å². The minimum atomic E-state index is -0.501. The number of para-hydroxylation sites is 2. The molecule has 65 heavy (non-hydrogen) atoms. The van der Waals surface area contributed by atoms with E-state index in [0.717, 1.165) is 66.2 Å². The second kappa shape index (κ2) is 13.9. The zero-order chi connectivity index (χ0) is 42.6. The Hall–Kier alpha value is -8.19. The summed E-state index contributed by atoms with van der Waals surface area (Å²) in [5, 5.41) is 5.45. The molecule has 9 aromatic carbocycles. The van der Waals surface area contributed by atoms with Gasteiger partial charge in [0, 0.05) is 53.4 Å². The Labute approximate surface area is 378 Å². The molecule has 6 heteroatoms. The van der Waals surface area contributed by atoms with Crippen molar-refractivity contribution in [2.24, 2.45) is 0 Å². The monoisotopic (exact) mass is 846 g/mol. The molecule has 0 amide bonds. The van der Waals surface area contributed by atoms with Crippen molar-refractivity contribution in [1.29, 1.82) is 0 Å². The van der Waals surface area contributed by atoms with Crippen molar-refractivity contribution >= 4 is 55.4 Å². The van der Waals surface area contributed by atoms with Gasteiger partial charge in [-0.3, -0.25) is 0 Å². The molecule has 1 aliphatic heterocycles. The lowest BCUT2D eigenvalue weighted by atomic mass is 9.67. The molecule has 302 valence electrons. The van der Waals surface area contributed by atoms with E-state index in [1.165, 1.54) is 48.6 Å². The summed E-state index contributed by atoms with van der Waals surface area (Å²) >= 11 is 1.87. The van der Waals surface area contributed by atoms with Gasteiger partial charge in [-0.2, -0.15) is 0 Å². The molecule has 5 nitrogen and oxygen atoms in total. The van der Waals surface area contributed by atoms with Crippen LogP contribution < -0.4 is 0 Å². The second-order valence-corrected chi connectivity index (χ2v) is 17.9. The molecule has 0 bridgehead atoms. The van der Waals surface area contributed by atoms with Gasteiger partial charge in [-0.15, -0.1) is 0 Å². The topological polar surface area (TPSA) is 64.7 Å². The summed E-state index contributed by atoms with van der Waals surface area (Å²) in [6, 6.07) is 73.2. The van der Waals surface area contributed by atoms with Gasteiger partial charge in [0.25, 0.3) is 0 Å². The molecule has 12 aromatic rings. The molecule has 1 aliphatic carbocycles. The number of pyridine rings is 1. The van der Waals surface area contributed by atoms with Crippen LogP contribution in [-0.2, 0) is 5.41 Å². The van der Waals surface area contributed by atoms with Crippen molar-refractivity contribution < 1.29 is 4.42 Å². The minimum Gasteiger partial charge on any atom is -0.455 e. The highest BCUT2D eigenvalue weighted by Crippen LogP contribution is 2.63. The van der Waals surface area contributed by atoms with E-state index < -0.39 is 5.41 Å². The van der Waals surface area contributed by atoms with E-state index in [-0.39, 0.29) is 0 Å². The SMILES string of the molecule is c1ccc(-c2nc(-c3ccc4c(c3)nc(-c3ccccc3)c3ccc5c(c34)-c3ccccc3C53c4ccccc4Sc4ccccc43)nc(-c3cccc4c3oc3ccccc34)n2)cc1. The van der Waals surface area contributed by atoms with Gasteiger partial charge >= 0.3 is 0 Å². The maximum atomic E-state index is 6.51. The predicted molar refractivity (Wildman–Crippen MR) is 263 cm³/mol. The third-order valence-corrected chi connectivity index (χ3v) is 14.5. The Morgan fingerprint density at radius 3 is 1.77 bits per heavy atom. The molecule has 0 N–H and O–H groups in total. The molecule has 4 heterocycles. The first-order chi connectivity index (χ1) is 32.2. The lowest BCUT2D eigenvalue weighted by Gasteiger charge is -2.39. The van der Waals surface area contributed by atoms with Gasteiger partial charge in [0.1, 0.15) is 11.2 Å². The third-order valence-electron chi connectivity index (χ3n) is 13.4. The highest BCUT2D eigenvalue weighted by molar-refractivity contribution is 7.99. The van der Waals surface area contributed by atoms with E-state index in [4.69, 9.17) is 24.4 Å². The summed E-state index contributed by atoms with van der Waals surface area (Å²) in [7, 11) is 0. The number of nitrogens with zero attached hydrogens (tertiary/aromatic N) is 4. The van der Waals surface area contributed by atoms with Crippen LogP contribution in [-0.4, -0.2) is 19.9 Å². The minimum absolute atomic E-state index is 0.501. The molecular formula is C59H34N4OS. The van der Waals surface area contributed by atoms with Crippen molar-refractivity contribution in [3.63, 3.8) is 0 Å². The van der Waals surface area contributed by atoms with Gasteiger partial charge in [0.15, 0.2) is 17.5 Å². The quantitative estimate of drug-likeness (QED) is 0.164. The molecular weight excluding hydrogens is 813 g/mol. The number of rotatable bonds is 4. The van der Waals surface area contributed by atoms with Crippen LogP contribution in [0.15, 0.2) is 220 Å². The van der Waals surface area contributed by atoms with Crippen molar-refractivity contribution in [3.8, 4) is 56.5 Å². The van der Waals surface area contributed by atoms with Crippen molar-refractivity contribution in [2.45, 2.75) is 15.2 Å². The smallest absolute Gasteiger partial charge is 0.167 e. The normalized spacial score (nSPS) is 13.3. The average molecular weight is 847 g/mol. The summed E-state index contributed by atoms with van der Waals surface area (Å²) in [5.41, 5.74) is 14.2. The molecule has 0 saturated carbocycles. The van der Waals surface area contributed by atoms with Gasteiger partial charge in [-0.25, -0.2) is 19.9 Å². The predicted octanol–water partition coefficient (Wildman–Crippen LogP) is 15.0. The van der Waals surface area contributed by atoms with Crippen LogP contribution in [0.2, 0.25) is 0 Å². The fourth-order valence-electron chi connectivity index (χ4n) is 10.7. The fourth-order valence-corrected chi connectivity index (χ4v) is 11.8. The molecule has 0 saturated heterocycles. The Morgan fingerprint density at radius 2 is 0.985 bits per heavy atom. The number of hydrogen-bond acceptors (Lipinski definition) is 6. The summed E-state index contributed by atoms with van der Waals surface area (Å²) in [4.78, 5) is 23.7. The largest absolute Gasteiger partial charge is 0.455 e. The fraction of sp³-hybridized carbons (Fsp3) is 0.0169. The zero-order valence-electron chi connectivity index (χ0n) is 34.7. The average Bonchev–Trinajstić information content (AvgIpc) is 3.90. The standard InChI is InChI=1S/C59H34N4OS/c1-3-16-35(17-4-1)54-42-32-33-47-53(40-21-7-9-24-44(40)59(47)45-25-10-13-28-50(45)65-51-29-14-11-26-46(51)59)52(42)41-31-30-37(34-48(41)60-54)57-61-56(36-18-5-2-6-19-36)62-58(63-57)43-23-15-22-39-38-20-8-12-27-49(38)64-55(39)43/h1-34H. The third kappa shape index (κ3) is 5.23. The van der Waals surface area contributed by atoms with E-state index >= 15 is 0 Å². The maximum absolute atomic E-state index is 6.51. The van der Waals surface area contributed by atoms with Crippen LogP contribution in [0.3, 0.4) is 0 Å². The van der Waals surface area contributed by atoms with E-state index in [1.807, 2.05) is 72.4 Å². The molecule has 0 fully saturated rings. The van der Waals surface area contributed by atoms with Gasteiger partial charge < -0.3 is 4.42 Å². The molecule has 1 spiro atoms. The zero-order valence-corrected chi connectivity index (χ0v) is 35.6. The first-order valence-electron chi connectivity index (χ1n) is 21.9. The van der Waals surface area contributed by atoms with Crippen LogP contribution in [0.5, 0.6) is 0 Å². The molecule has 0 radical (unpaired) electrons. The summed E-state index contributed by atoms with van der Waals surface area (Å²) in [6.07, 6.45) is 0. The van der Waals surface area contributed by atoms with Crippen LogP contribution in [0.1, 0.15) is 22.3 Å². The Balaban J connectivity index is 1.05. The lowest BCUT2D eigenvalue weighted by molar-refractivity contribution is 0.669. The highest BCUT2D eigenvalue weighted by atomic mass is 32.2. The molecule has 2 aliphatic rings. The summed E-state index contributed by atoms with van der Waals surface area (Å²) in [6.45, 7) is 0. The van der Waals surface area contributed by atoms with E-state index in [0.29, 0.717) is 17.5 Å². The highest BCUT2D eigenvalue weighted by Gasteiger charge is 2.50. The number of furan rings is 1.